The number of carbonyl (C=O) groups excluding carboxylic acids is 1. The minimum absolute atomic E-state index is 0.0357. The fraction of sp³-hybridized carbons (Fsp3) is 0.533. The number of hydrogen-bond donors (Lipinski definition) is 3. The van der Waals surface area contributed by atoms with E-state index in [0.29, 0.717) is 5.92 Å². The van der Waals surface area contributed by atoms with Crippen LogP contribution in [0.25, 0.3) is 0 Å². The SMILES string of the molecule is COc1ccc(NC(=O)CNC(CO)CC(C)C)cc1. The first-order chi connectivity index (χ1) is 9.55. The number of nitrogens with one attached hydrogen (secondary N) is 2. The molecule has 0 saturated heterocycles. The number of amides is 1. The normalized spacial score (nSPS) is 12.2. The summed E-state index contributed by atoms with van der Waals surface area (Å²) in [6, 6.07) is 7.11. The molecular formula is C15H24N2O3. The molecule has 0 radical (unpaired) electrons. The predicted octanol–water partition coefficient (Wildman–Crippen LogP) is 1.63. The van der Waals surface area contributed by atoms with Gasteiger partial charge < -0.3 is 20.5 Å². The van der Waals surface area contributed by atoms with E-state index in [0.717, 1.165) is 17.9 Å². The number of hydrogen-bond acceptors (Lipinski definition) is 4. The first-order valence-electron chi connectivity index (χ1n) is 6.83. The number of methoxy groups -OCH3 is 1. The summed E-state index contributed by atoms with van der Waals surface area (Å²) in [4.78, 5) is 11.8. The largest absolute Gasteiger partial charge is 0.497 e. The summed E-state index contributed by atoms with van der Waals surface area (Å²) in [6.07, 6.45) is 0.840. The topological polar surface area (TPSA) is 70.6 Å². The smallest absolute Gasteiger partial charge is 0.238 e. The van der Waals surface area contributed by atoms with E-state index in [4.69, 9.17) is 4.74 Å². The Morgan fingerprint density at radius 3 is 2.45 bits per heavy atom. The van der Waals surface area contributed by atoms with Gasteiger partial charge in [-0.15, -0.1) is 0 Å². The van der Waals surface area contributed by atoms with E-state index in [1.807, 2.05) is 0 Å². The number of rotatable bonds is 8. The van der Waals surface area contributed by atoms with Crippen LogP contribution in [0.15, 0.2) is 24.3 Å². The zero-order chi connectivity index (χ0) is 15.0. The van der Waals surface area contributed by atoms with Crippen LogP contribution < -0.4 is 15.4 Å². The molecule has 5 nitrogen and oxygen atoms in total. The van der Waals surface area contributed by atoms with Crippen LogP contribution in [0.4, 0.5) is 5.69 Å². The van der Waals surface area contributed by atoms with Gasteiger partial charge in [-0.3, -0.25) is 4.79 Å². The Labute approximate surface area is 120 Å². The van der Waals surface area contributed by atoms with Crippen molar-refractivity contribution in [2.45, 2.75) is 26.3 Å². The summed E-state index contributed by atoms with van der Waals surface area (Å²) in [6.45, 7) is 4.39. The molecule has 0 bridgehead atoms. The van der Waals surface area contributed by atoms with Gasteiger partial charge in [0.15, 0.2) is 0 Å². The molecule has 0 aliphatic heterocycles. The van der Waals surface area contributed by atoms with Crippen LogP contribution in [0.3, 0.4) is 0 Å². The van der Waals surface area contributed by atoms with Crippen LogP contribution in [0.5, 0.6) is 5.75 Å². The third-order valence-electron chi connectivity index (χ3n) is 2.90. The molecule has 0 saturated carbocycles. The highest BCUT2D eigenvalue weighted by Gasteiger charge is 2.11. The molecule has 112 valence electrons. The molecule has 1 amide bonds. The first kappa shape index (κ1) is 16.5. The van der Waals surface area contributed by atoms with Crippen molar-refractivity contribution >= 4 is 11.6 Å². The molecule has 0 aromatic heterocycles. The van der Waals surface area contributed by atoms with Gasteiger partial charge in [0.25, 0.3) is 0 Å². The minimum atomic E-state index is -0.127. The predicted molar refractivity (Wildman–Crippen MR) is 80.0 cm³/mol. The van der Waals surface area contributed by atoms with Gasteiger partial charge in [0, 0.05) is 11.7 Å². The van der Waals surface area contributed by atoms with Crippen molar-refractivity contribution in [3.63, 3.8) is 0 Å². The van der Waals surface area contributed by atoms with E-state index >= 15 is 0 Å². The van der Waals surface area contributed by atoms with Crippen molar-refractivity contribution in [1.82, 2.24) is 5.32 Å². The number of aliphatic hydroxyl groups excluding tert-OH is 1. The molecule has 20 heavy (non-hydrogen) atoms. The second kappa shape index (κ2) is 8.55. The highest BCUT2D eigenvalue weighted by molar-refractivity contribution is 5.92. The molecule has 0 fully saturated rings. The Morgan fingerprint density at radius 2 is 1.95 bits per heavy atom. The second-order valence-electron chi connectivity index (χ2n) is 5.17. The van der Waals surface area contributed by atoms with Crippen molar-refractivity contribution in [3.8, 4) is 5.75 Å². The molecule has 1 aromatic carbocycles. The Hall–Kier alpha value is -1.59. The molecule has 0 spiro atoms. The van der Waals surface area contributed by atoms with Gasteiger partial charge in [0.1, 0.15) is 5.75 Å². The lowest BCUT2D eigenvalue weighted by atomic mass is 10.0. The highest BCUT2D eigenvalue weighted by atomic mass is 16.5. The maximum Gasteiger partial charge on any atom is 0.238 e. The molecule has 5 heteroatoms. The molecule has 1 unspecified atom stereocenters. The third kappa shape index (κ3) is 6.04. The molecule has 1 rings (SSSR count). The molecule has 3 N–H and O–H groups in total. The number of anilines is 1. The standard InChI is InChI=1S/C15H24N2O3/c1-11(2)8-13(10-18)16-9-15(19)17-12-4-6-14(20-3)7-5-12/h4-7,11,13,16,18H,8-10H2,1-3H3,(H,17,19). The summed E-state index contributed by atoms with van der Waals surface area (Å²) in [5.74, 6) is 1.10. The van der Waals surface area contributed by atoms with Crippen molar-refractivity contribution in [1.29, 1.82) is 0 Å². The average molecular weight is 280 g/mol. The summed E-state index contributed by atoms with van der Waals surface area (Å²) >= 11 is 0. The molecule has 0 aliphatic carbocycles. The van der Waals surface area contributed by atoms with Crippen LogP contribution in [-0.4, -0.2) is 37.3 Å². The van der Waals surface area contributed by atoms with E-state index in [-0.39, 0.29) is 25.1 Å². The van der Waals surface area contributed by atoms with E-state index in [9.17, 15) is 9.90 Å². The summed E-state index contributed by atoms with van der Waals surface area (Å²) in [5, 5.41) is 15.1. The van der Waals surface area contributed by atoms with E-state index in [1.54, 1.807) is 31.4 Å². The third-order valence-corrected chi connectivity index (χ3v) is 2.90. The molecular weight excluding hydrogens is 256 g/mol. The molecule has 1 atom stereocenters. The number of ether oxygens (including phenoxy) is 1. The summed E-state index contributed by atoms with van der Waals surface area (Å²) < 4.78 is 5.05. The van der Waals surface area contributed by atoms with Gasteiger partial charge in [-0.05, 0) is 36.6 Å². The zero-order valence-corrected chi connectivity index (χ0v) is 12.3. The van der Waals surface area contributed by atoms with Gasteiger partial charge in [0.05, 0.1) is 20.3 Å². The first-order valence-corrected chi connectivity index (χ1v) is 6.83. The fourth-order valence-electron chi connectivity index (χ4n) is 1.91. The maximum atomic E-state index is 11.8. The van der Waals surface area contributed by atoms with Gasteiger partial charge in [-0.25, -0.2) is 0 Å². The highest BCUT2D eigenvalue weighted by Crippen LogP contribution is 2.14. The Bertz CT molecular complexity index is 404. The van der Waals surface area contributed by atoms with E-state index < -0.39 is 0 Å². The van der Waals surface area contributed by atoms with E-state index in [2.05, 4.69) is 24.5 Å². The quantitative estimate of drug-likeness (QED) is 0.677. The van der Waals surface area contributed by atoms with Crippen LogP contribution in [-0.2, 0) is 4.79 Å². The lowest BCUT2D eigenvalue weighted by Crippen LogP contribution is -2.39. The molecule has 0 heterocycles. The van der Waals surface area contributed by atoms with Gasteiger partial charge in [0.2, 0.25) is 5.91 Å². The number of aliphatic hydroxyl groups is 1. The monoisotopic (exact) mass is 280 g/mol. The lowest BCUT2D eigenvalue weighted by molar-refractivity contribution is -0.115. The van der Waals surface area contributed by atoms with E-state index in [1.165, 1.54) is 0 Å². The summed E-state index contributed by atoms with van der Waals surface area (Å²) in [5.41, 5.74) is 0.724. The lowest BCUT2D eigenvalue weighted by Gasteiger charge is -2.18. The molecule has 1 aromatic rings. The Morgan fingerprint density at radius 1 is 1.30 bits per heavy atom. The number of benzene rings is 1. The van der Waals surface area contributed by atoms with Crippen LogP contribution >= 0.6 is 0 Å². The Balaban J connectivity index is 2.38. The van der Waals surface area contributed by atoms with Crippen molar-refractivity contribution in [2.75, 3.05) is 25.6 Å². The van der Waals surface area contributed by atoms with Gasteiger partial charge in [-0.1, -0.05) is 13.8 Å². The van der Waals surface area contributed by atoms with Crippen LogP contribution in [0, 0.1) is 5.92 Å². The van der Waals surface area contributed by atoms with Crippen molar-refractivity contribution in [2.24, 2.45) is 5.92 Å². The van der Waals surface area contributed by atoms with Crippen LogP contribution in [0.2, 0.25) is 0 Å². The zero-order valence-electron chi connectivity index (χ0n) is 12.3. The maximum absolute atomic E-state index is 11.8. The number of carbonyl (C=O) groups is 1. The Kier molecular flexibility index (Phi) is 7.04. The summed E-state index contributed by atoms with van der Waals surface area (Å²) in [7, 11) is 1.60. The van der Waals surface area contributed by atoms with Gasteiger partial charge in [-0.2, -0.15) is 0 Å². The van der Waals surface area contributed by atoms with Crippen molar-refractivity contribution < 1.29 is 14.6 Å². The fourth-order valence-corrected chi connectivity index (χ4v) is 1.91. The molecule has 0 aliphatic rings. The van der Waals surface area contributed by atoms with Crippen LogP contribution in [0.1, 0.15) is 20.3 Å². The minimum Gasteiger partial charge on any atom is -0.497 e. The second-order valence-corrected chi connectivity index (χ2v) is 5.17. The van der Waals surface area contributed by atoms with Crippen molar-refractivity contribution in [3.05, 3.63) is 24.3 Å². The van der Waals surface area contributed by atoms with Gasteiger partial charge >= 0.3 is 0 Å². The average Bonchev–Trinajstić information content (AvgIpc) is 2.44.